The van der Waals surface area contributed by atoms with Crippen molar-refractivity contribution < 1.29 is 4.79 Å². The minimum atomic E-state index is 0.150. The topological polar surface area (TPSA) is 46.9 Å². The SMILES string of the molecule is CCn1c(C)nc2cc(C(=O)CNC3CC3)ccc21. The third kappa shape index (κ3) is 2.40. The summed E-state index contributed by atoms with van der Waals surface area (Å²) < 4.78 is 2.16. The Hall–Kier alpha value is -1.68. The van der Waals surface area contributed by atoms with Crippen molar-refractivity contribution in [3.63, 3.8) is 0 Å². The molecule has 1 fully saturated rings. The van der Waals surface area contributed by atoms with Crippen LogP contribution in [0, 0.1) is 6.92 Å². The molecule has 4 nitrogen and oxygen atoms in total. The highest BCUT2D eigenvalue weighted by atomic mass is 16.1. The predicted molar refractivity (Wildman–Crippen MR) is 75.5 cm³/mol. The lowest BCUT2D eigenvalue weighted by atomic mass is 10.1. The van der Waals surface area contributed by atoms with Crippen molar-refractivity contribution in [3.05, 3.63) is 29.6 Å². The maximum Gasteiger partial charge on any atom is 0.176 e. The molecule has 0 spiro atoms. The molecule has 0 bridgehead atoms. The van der Waals surface area contributed by atoms with E-state index in [1.54, 1.807) is 0 Å². The molecule has 1 aromatic heterocycles. The predicted octanol–water partition coefficient (Wildman–Crippen LogP) is 2.30. The number of carbonyl (C=O) groups is 1. The van der Waals surface area contributed by atoms with Crippen LogP contribution in [-0.2, 0) is 6.54 Å². The number of fused-ring (bicyclic) bond motifs is 1. The summed E-state index contributed by atoms with van der Waals surface area (Å²) >= 11 is 0. The summed E-state index contributed by atoms with van der Waals surface area (Å²) in [5.41, 5.74) is 2.77. The van der Waals surface area contributed by atoms with Crippen LogP contribution in [0.15, 0.2) is 18.2 Å². The quantitative estimate of drug-likeness (QED) is 0.836. The fourth-order valence-corrected chi connectivity index (χ4v) is 2.45. The van der Waals surface area contributed by atoms with Crippen LogP contribution in [0.5, 0.6) is 0 Å². The lowest BCUT2D eigenvalue weighted by molar-refractivity contribution is 0.0990. The Morgan fingerprint density at radius 2 is 2.26 bits per heavy atom. The van der Waals surface area contributed by atoms with E-state index >= 15 is 0 Å². The van der Waals surface area contributed by atoms with Crippen LogP contribution >= 0.6 is 0 Å². The van der Waals surface area contributed by atoms with Crippen LogP contribution < -0.4 is 5.32 Å². The smallest absolute Gasteiger partial charge is 0.176 e. The van der Waals surface area contributed by atoms with E-state index in [1.807, 2.05) is 25.1 Å². The summed E-state index contributed by atoms with van der Waals surface area (Å²) in [6.07, 6.45) is 2.40. The Balaban J connectivity index is 1.86. The summed E-state index contributed by atoms with van der Waals surface area (Å²) in [6.45, 7) is 5.44. The number of imidazole rings is 1. The molecular formula is C15H19N3O. The van der Waals surface area contributed by atoms with E-state index in [2.05, 4.69) is 21.8 Å². The number of nitrogens with one attached hydrogen (secondary N) is 1. The normalized spacial score (nSPS) is 15.1. The number of Topliss-reactive ketones (excluding diaryl/α,β-unsaturated/α-hetero) is 1. The zero-order valence-electron chi connectivity index (χ0n) is 11.4. The Labute approximate surface area is 112 Å². The average molecular weight is 257 g/mol. The Morgan fingerprint density at radius 3 is 2.95 bits per heavy atom. The molecule has 0 aliphatic heterocycles. The number of aromatic nitrogens is 2. The van der Waals surface area contributed by atoms with Crippen molar-refractivity contribution in [2.24, 2.45) is 0 Å². The Bertz CT molecular complexity index is 626. The van der Waals surface area contributed by atoms with Gasteiger partial charge in [-0.1, -0.05) is 0 Å². The number of nitrogens with zero attached hydrogens (tertiary/aromatic N) is 2. The zero-order chi connectivity index (χ0) is 13.4. The number of aryl methyl sites for hydroxylation is 2. The van der Waals surface area contributed by atoms with Crippen LogP contribution in [0.25, 0.3) is 11.0 Å². The summed E-state index contributed by atoms with van der Waals surface area (Å²) in [7, 11) is 0. The van der Waals surface area contributed by atoms with Gasteiger partial charge in [0.1, 0.15) is 5.82 Å². The molecule has 1 aliphatic carbocycles. The lowest BCUT2D eigenvalue weighted by Gasteiger charge is -2.04. The second-order valence-electron chi connectivity index (χ2n) is 5.19. The maximum absolute atomic E-state index is 12.1. The fraction of sp³-hybridized carbons (Fsp3) is 0.467. The molecule has 0 amide bonds. The molecule has 1 aromatic carbocycles. The van der Waals surface area contributed by atoms with E-state index in [0.29, 0.717) is 12.6 Å². The molecule has 1 heterocycles. The number of hydrogen-bond acceptors (Lipinski definition) is 3. The molecule has 4 heteroatoms. The first-order chi connectivity index (χ1) is 9.19. The minimum absolute atomic E-state index is 0.150. The van der Waals surface area contributed by atoms with Crippen LogP contribution in [0.2, 0.25) is 0 Å². The molecule has 0 atom stereocenters. The Morgan fingerprint density at radius 1 is 1.47 bits per heavy atom. The largest absolute Gasteiger partial charge is 0.329 e. The van der Waals surface area contributed by atoms with Crippen molar-refractivity contribution >= 4 is 16.8 Å². The molecule has 0 saturated heterocycles. The highest BCUT2D eigenvalue weighted by molar-refractivity contribution is 6.00. The van der Waals surface area contributed by atoms with E-state index in [0.717, 1.165) is 29.0 Å². The summed E-state index contributed by atoms with van der Waals surface area (Å²) in [5, 5.41) is 3.26. The third-order valence-corrected chi connectivity index (χ3v) is 3.71. The van der Waals surface area contributed by atoms with Gasteiger partial charge in [0, 0.05) is 18.2 Å². The van der Waals surface area contributed by atoms with Crippen LogP contribution in [0.1, 0.15) is 35.9 Å². The molecule has 2 aromatic rings. The van der Waals surface area contributed by atoms with Crippen LogP contribution in [-0.4, -0.2) is 27.9 Å². The number of ketones is 1. The zero-order valence-corrected chi connectivity index (χ0v) is 11.4. The molecule has 3 rings (SSSR count). The third-order valence-electron chi connectivity index (χ3n) is 3.71. The maximum atomic E-state index is 12.1. The van der Waals surface area contributed by atoms with E-state index in [1.165, 1.54) is 12.8 Å². The molecule has 1 saturated carbocycles. The van der Waals surface area contributed by atoms with E-state index in [4.69, 9.17) is 0 Å². The monoisotopic (exact) mass is 257 g/mol. The molecular weight excluding hydrogens is 238 g/mol. The van der Waals surface area contributed by atoms with Crippen LogP contribution in [0.3, 0.4) is 0 Å². The molecule has 0 radical (unpaired) electrons. The van der Waals surface area contributed by atoms with Gasteiger partial charge >= 0.3 is 0 Å². The first kappa shape index (κ1) is 12.4. The fourth-order valence-electron chi connectivity index (χ4n) is 2.45. The van der Waals surface area contributed by atoms with Crippen molar-refractivity contribution in [1.82, 2.24) is 14.9 Å². The number of benzene rings is 1. The second kappa shape index (κ2) is 4.78. The van der Waals surface area contributed by atoms with Gasteiger partial charge in [0.15, 0.2) is 5.78 Å². The van der Waals surface area contributed by atoms with E-state index in [-0.39, 0.29) is 5.78 Å². The van der Waals surface area contributed by atoms with Gasteiger partial charge < -0.3 is 9.88 Å². The van der Waals surface area contributed by atoms with E-state index < -0.39 is 0 Å². The number of rotatable bonds is 5. The van der Waals surface area contributed by atoms with Crippen molar-refractivity contribution in [2.75, 3.05) is 6.54 Å². The van der Waals surface area contributed by atoms with Crippen LogP contribution in [0.4, 0.5) is 0 Å². The van der Waals surface area contributed by atoms with Gasteiger partial charge in [-0.15, -0.1) is 0 Å². The number of carbonyl (C=O) groups excluding carboxylic acids is 1. The second-order valence-corrected chi connectivity index (χ2v) is 5.19. The van der Waals surface area contributed by atoms with E-state index in [9.17, 15) is 4.79 Å². The average Bonchev–Trinajstić information content (AvgIpc) is 3.17. The number of hydrogen-bond donors (Lipinski definition) is 1. The standard InChI is InChI=1S/C15H19N3O/c1-3-18-10(2)17-13-8-11(4-7-14(13)18)15(19)9-16-12-5-6-12/h4,7-8,12,16H,3,5-6,9H2,1-2H3. The molecule has 19 heavy (non-hydrogen) atoms. The van der Waals surface area contributed by atoms with Gasteiger partial charge in [-0.2, -0.15) is 0 Å². The lowest BCUT2D eigenvalue weighted by Crippen LogP contribution is -2.24. The highest BCUT2D eigenvalue weighted by Gasteiger charge is 2.21. The first-order valence-corrected chi connectivity index (χ1v) is 6.92. The van der Waals surface area contributed by atoms with Crippen molar-refractivity contribution in [2.45, 2.75) is 39.3 Å². The summed E-state index contributed by atoms with van der Waals surface area (Å²) in [5.74, 6) is 1.15. The van der Waals surface area contributed by atoms with Gasteiger partial charge in [0.25, 0.3) is 0 Å². The van der Waals surface area contributed by atoms with Gasteiger partial charge in [-0.25, -0.2) is 4.98 Å². The molecule has 1 aliphatic rings. The molecule has 1 N–H and O–H groups in total. The highest BCUT2D eigenvalue weighted by Crippen LogP contribution is 2.20. The summed E-state index contributed by atoms with van der Waals surface area (Å²) in [6, 6.07) is 6.38. The van der Waals surface area contributed by atoms with Gasteiger partial charge in [-0.3, -0.25) is 4.79 Å². The van der Waals surface area contributed by atoms with Crippen molar-refractivity contribution in [1.29, 1.82) is 0 Å². The molecule has 0 unspecified atom stereocenters. The first-order valence-electron chi connectivity index (χ1n) is 6.92. The van der Waals surface area contributed by atoms with Gasteiger partial charge in [-0.05, 0) is 44.9 Å². The van der Waals surface area contributed by atoms with Crippen molar-refractivity contribution in [3.8, 4) is 0 Å². The molecule has 100 valence electrons. The minimum Gasteiger partial charge on any atom is -0.329 e. The Kier molecular flexibility index (Phi) is 3.11. The van der Waals surface area contributed by atoms with Gasteiger partial charge in [0.05, 0.1) is 17.6 Å². The van der Waals surface area contributed by atoms with Gasteiger partial charge in [0.2, 0.25) is 0 Å². The summed E-state index contributed by atoms with van der Waals surface area (Å²) in [4.78, 5) is 16.6.